The van der Waals surface area contributed by atoms with Crippen molar-refractivity contribution in [3.8, 4) is 5.75 Å². The van der Waals surface area contributed by atoms with Crippen molar-refractivity contribution in [3.63, 3.8) is 0 Å². The molecule has 1 aliphatic rings. The number of hydrogen-bond acceptors (Lipinski definition) is 5. The lowest BCUT2D eigenvalue weighted by Gasteiger charge is -2.20. The smallest absolute Gasteiger partial charge is 0.354 e. The van der Waals surface area contributed by atoms with Gasteiger partial charge in [-0.1, -0.05) is 12.1 Å². The minimum atomic E-state index is -1.02. The molecule has 1 atom stereocenters. The van der Waals surface area contributed by atoms with E-state index >= 15 is 0 Å². The van der Waals surface area contributed by atoms with Crippen LogP contribution in [0.15, 0.2) is 42.5 Å². The van der Waals surface area contributed by atoms with Crippen molar-refractivity contribution in [1.29, 1.82) is 0 Å². The van der Waals surface area contributed by atoms with Gasteiger partial charge in [-0.15, -0.1) is 0 Å². The summed E-state index contributed by atoms with van der Waals surface area (Å²) >= 11 is 0. The Morgan fingerprint density at radius 3 is 2.96 bits per heavy atom. The summed E-state index contributed by atoms with van der Waals surface area (Å²) in [6.07, 6.45) is 0.968. The van der Waals surface area contributed by atoms with Gasteiger partial charge >= 0.3 is 5.97 Å². The van der Waals surface area contributed by atoms with Crippen molar-refractivity contribution >= 4 is 17.5 Å². The molecule has 0 aliphatic carbocycles. The SMILES string of the molecule is COc1cccc(N2CCC(Nc3cccc(C(=O)O)n3)C2)c1. The van der Waals surface area contributed by atoms with Crippen LogP contribution in [0.1, 0.15) is 16.9 Å². The van der Waals surface area contributed by atoms with E-state index in [2.05, 4.69) is 21.3 Å². The number of aromatic nitrogens is 1. The molecule has 3 rings (SSSR count). The maximum absolute atomic E-state index is 11.0. The molecule has 120 valence electrons. The fourth-order valence-electron chi connectivity index (χ4n) is 2.76. The summed E-state index contributed by atoms with van der Waals surface area (Å²) in [5.74, 6) is 0.426. The third-order valence-electron chi connectivity index (χ3n) is 3.93. The Morgan fingerprint density at radius 2 is 2.17 bits per heavy atom. The molecule has 1 aromatic heterocycles. The van der Waals surface area contributed by atoms with E-state index in [1.807, 2.05) is 18.2 Å². The minimum Gasteiger partial charge on any atom is -0.497 e. The Kier molecular flexibility index (Phi) is 4.32. The summed E-state index contributed by atoms with van der Waals surface area (Å²) in [5.41, 5.74) is 1.18. The average molecular weight is 313 g/mol. The number of ether oxygens (including phenoxy) is 1. The Bertz CT molecular complexity index is 705. The molecule has 0 amide bonds. The molecule has 2 heterocycles. The van der Waals surface area contributed by atoms with Crippen LogP contribution in [0.3, 0.4) is 0 Å². The number of aromatic carboxylic acids is 1. The molecule has 6 heteroatoms. The van der Waals surface area contributed by atoms with Crippen LogP contribution in [0, 0.1) is 0 Å². The zero-order chi connectivity index (χ0) is 16.2. The molecular weight excluding hydrogens is 294 g/mol. The van der Waals surface area contributed by atoms with E-state index in [0.717, 1.165) is 30.9 Å². The van der Waals surface area contributed by atoms with Crippen LogP contribution in [-0.4, -0.2) is 42.3 Å². The maximum Gasteiger partial charge on any atom is 0.354 e. The van der Waals surface area contributed by atoms with E-state index in [1.54, 1.807) is 19.2 Å². The van der Waals surface area contributed by atoms with E-state index in [1.165, 1.54) is 6.07 Å². The Hall–Kier alpha value is -2.76. The lowest BCUT2D eigenvalue weighted by Crippen LogP contribution is -2.26. The summed E-state index contributed by atoms with van der Waals surface area (Å²) in [6.45, 7) is 1.77. The van der Waals surface area contributed by atoms with Gasteiger partial charge in [-0.3, -0.25) is 0 Å². The van der Waals surface area contributed by atoms with Crippen LogP contribution in [0.25, 0.3) is 0 Å². The number of anilines is 2. The zero-order valence-electron chi connectivity index (χ0n) is 12.9. The van der Waals surface area contributed by atoms with Crippen LogP contribution in [0.2, 0.25) is 0 Å². The molecule has 6 nitrogen and oxygen atoms in total. The van der Waals surface area contributed by atoms with Crippen molar-refractivity contribution in [2.24, 2.45) is 0 Å². The summed E-state index contributed by atoms with van der Waals surface area (Å²) < 4.78 is 5.26. The summed E-state index contributed by atoms with van der Waals surface area (Å²) in [4.78, 5) is 17.4. The van der Waals surface area contributed by atoms with Gasteiger partial charge in [0.15, 0.2) is 5.69 Å². The van der Waals surface area contributed by atoms with Gasteiger partial charge in [-0.25, -0.2) is 9.78 Å². The van der Waals surface area contributed by atoms with Gasteiger partial charge in [-0.2, -0.15) is 0 Å². The van der Waals surface area contributed by atoms with E-state index < -0.39 is 5.97 Å². The first kappa shape index (κ1) is 15.1. The third-order valence-corrected chi connectivity index (χ3v) is 3.93. The number of nitrogens with one attached hydrogen (secondary N) is 1. The molecule has 1 fully saturated rings. The summed E-state index contributed by atoms with van der Waals surface area (Å²) in [6, 6.07) is 13.2. The number of carboxylic acids is 1. The number of carbonyl (C=O) groups is 1. The fourth-order valence-corrected chi connectivity index (χ4v) is 2.76. The molecule has 2 aromatic rings. The maximum atomic E-state index is 11.0. The first-order valence-electron chi connectivity index (χ1n) is 7.51. The van der Waals surface area contributed by atoms with Crippen LogP contribution >= 0.6 is 0 Å². The Labute approximate surface area is 134 Å². The highest BCUT2D eigenvalue weighted by molar-refractivity contribution is 5.85. The molecule has 0 spiro atoms. The number of hydrogen-bond donors (Lipinski definition) is 2. The van der Waals surface area contributed by atoms with Crippen molar-refractivity contribution in [3.05, 3.63) is 48.2 Å². The number of benzene rings is 1. The number of carboxylic acid groups (broad SMARTS) is 1. The second-order valence-electron chi connectivity index (χ2n) is 5.49. The molecular formula is C17H19N3O3. The zero-order valence-corrected chi connectivity index (χ0v) is 12.9. The second kappa shape index (κ2) is 6.56. The van der Waals surface area contributed by atoms with E-state index in [4.69, 9.17) is 9.84 Å². The van der Waals surface area contributed by atoms with Gasteiger partial charge < -0.3 is 20.1 Å². The molecule has 0 radical (unpaired) electrons. The third kappa shape index (κ3) is 3.53. The molecule has 0 saturated carbocycles. The molecule has 1 unspecified atom stereocenters. The monoisotopic (exact) mass is 313 g/mol. The van der Waals surface area contributed by atoms with E-state index in [-0.39, 0.29) is 11.7 Å². The average Bonchev–Trinajstić information content (AvgIpc) is 3.03. The van der Waals surface area contributed by atoms with Gasteiger partial charge in [0.25, 0.3) is 0 Å². The van der Waals surface area contributed by atoms with Gasteiger partial charge in [0.1, 0.15) is 11.6 Å². The van der Waals surface area contributed by atoms with Gasteiger partial charge in [-0.05, 0) is 30.7 Å². The largest absolute Gasteiger partial charge is 0.497 e. The Balaban J connectivity index is 1.65. The molecule has 0 bridgehead atoms. The summed E-state index contributed by atoms with van der Waals surface area (Å²) in [5, 5.41) is 12.3. The predicted molar refractivity (Wildman–Crippen MR) is 88.4 cm³/mol. The fraction of sp³-hybridized carbons (Fsp3) is 0.294. The van der Waals surface area contributed by atoms with Crippen LogP contribution < -0.4 is 15.0 Å². The van der Waals surface area contributed by atoms with E-state index in [0.29, 0.717) is 5.82 Å². The number of rotatable bonds is 5. The van der Waals surface area contributed by atoms with Crippen molar-refractivity contribution < 1.29 is 14.6 Å². The molecule has 23 heavy (non-hydrogen) atoms. The second-order valence-corrected chi connectivity index (χ2v) is 5.49. The standard InChI is InChI=1S/C17H19N3O3/c1-23-14-5-2-4-13(10-14)20-9-8-12(11-20)18-16-7-3-6-15(19-16)17(21)22/h2-7,10,12H,8-9,11H2,1H3,(H,18,19)(H,21,22). The minimum absolute atomic E-state index is 0.0534. The van der Waals surface area contributed by atoms with Gasteiger partial charge in [0.2, 0.25) is 0 Å². The van der Waals surface area contributed by atoms with E-state index in [9.17, 15) is 4.79 Å². The lowest BCUT2D eigenvalue weighted by atomic mass is 10.2. The number of methoxy groups -OCH3 is 1. The van der Waals surface area contributed by atoms with Crippen molar-refractivity contribution in [1.82, 2.24) is 4.98 Å². The lowest BCUT2D eigenvalue weighted by molar-refractivity contribution is 0.0690. The van der Waals surface area contributed by atoms with Crippen LogP contribution in [0.4, 0.5) is 11.5 Å². The molecule has 1 aliphatic heterocycles. The molecule has 2 N–H and O–H groups in total. The van der Waals surface area contributed by atoms with Crippen LogP contribution in [0.5, 0.6) is 5.75 Å². The van der Waals surface area contributed by atoms with Gasteiger partial charge in [0.05, 0.1) is 7.11 Å². The van der Waals surface area contributed by atoms with Crippen molar-refractivity contribution in [2.75, 3.05) is 30.4 Å². The Morgan fingerprint density at radius 1 is 1.35 bits per heavy atom. The molecule has 1 saturated heterocycles. The first-order valence-corrected chi connectivity index (χ1v) is 7.51. The van der Waals surface area contributed by atoms with Gasteiger partial charge in [0, 0.05) is 30.9 Å². The first-order chi connectivity index (χ1) is 11.2. The molecule has 1 aromatic carbocycles. The highest BCUT2D eigenvalue weighted by Crippen LogP contribution is 2.25. The topological polar surface area (TPSA) is 74.7 Å². The predicted octanol–water partition coefficient (Wildman–Crippen LogP) is 2.48. The van der Waals surface area contributed by atoms with Crippen LogP contribution in [-0.2, 0) is 0 Å². The highest BCUT2D eigenvalue weighted by atomic mass is 16.5. The number of pyridine rings is 1. The normalized spacial score (nSPS) is 17.1. The highest BCUT2D eigenvalue weighted by Gasteiger charge is 2.23. The van der Waals surface area contributed by atoms with Crippen molar-refractivity contribution in [2.45, 2.75) is 12.5 Å². The summed E-state index contributed by atoms with van der Waals surface area (Å²) in [7, 11) is 1.66. The number of nitrogens with zero attached hydrogens (tertiary/aromatic N) is 2. The quantitative estimate of drug-likeness (QED) is 0.883.